The zero-order valence-electron chi connectivity index (χ0n) is 15.8. The molecule has 0 radical (unpaired) electrons. The molecule has 4 aliphatic rings. The van der Waals surface area contributed by atoms with E-state index in [1.54, 1.807) is 30.8 Å². The van der Waals surface area contributed by atoms with E-state index < -0.39 is 5.91 Å². The number of rotatable bonds is 6. The van der Waals surface area contributed by atoms with Crippen molar-refractivity contribution in [3.05, 3.63) is 29.3 Å². The van der Waals surface area contributed by atoms with Crippen molar-refractivity contribution in [3.63, 3.8) is 0 Å². The van der Waals surface area contributed by atoms with Gasteiger partial charge in [0.15, 0.2) is 0 Å². The molecule has 2 amide bonds. The lowest BCUT2D eigenvalue weighted by atomic mass is 9.49. The molecule has 0 aliphatic heterocycles. The highest BCUT2D eigenvalue weighted by molar-refractivity contribution is 5.93. The number of hydroxylamine groups is 1. The molecule has 4 fully saturated rings. The average Bonchev–Trinajstić information content (AvgIpc) is 2.66. The summed E-state index contributed by atoms with van der Waals surface area (Å²) < 4.78 is 5.36. The predicted octanol–water partition coefficient (Wildman–Crippen LogP) is 2.69. The SMILES string of the molecule is COc1cc(C(=O)NO)ccc1CCNC(=O)C12CC3CC(CC(C3)C1)C2. The number of carbonyl (C=O) groups is 2. The number of amides is 2. The van der Waals surface area contributed by atoms with E-state index in [2.05, 4.69) is 5.32 Å². The normalized spacial score (nSPS) is 30.8. The maximum Gasteiger partial charge on any atom is 0.274 e. The summed E-state index contributed by atoms with van der Waals surface area (Å²) in [7, 11) is 1.55. The van der Waals surface area contributed by atoms with Gasteiger partial charge in [-0.1, -0.05) is 6.07 Å². The van der Waals surface area contributed by atoms with E-state index in [-0.39, 0.29) is 11.3 Å². The van der Waals surface area contributed by atoms with E-state index in [1.165, 1.54) is 19.3 Å². The molecule has 1 aromatic rings. The summed E-state index contributed by atoms with van der Waals surface area (Å²) >= 11 is 0. The number of benzene rings is 1. The van der Waals surface area contributed by atoms with Gasteiger partial charge >= 0.3 is 0 Å². The lowest BCUT2D eigenvalue weighted by Gasteiger charge is -2.55. The van der Waals surface area contributed by atoms with Gasteiger partial charge in [0, 0.05) is 17.5 Å². The highest BCUT2D eigenvalue weighted by atomic mass is 16.5. The molecule has 0 aromatic heterocycles. The molecular weight excluding hydrogens is 344 g/mol. The molecule has 4 saturated carbocycles. The summed E-state index contributed by atoms with van der Waals surface area (Å²) in [5.41, 5.74) is 2.76. The van der Waals surface area contributed by atoms with Gasteiger partial charge in [-0.25, -0.2) is 5.48 Å². The number of nitrogens with one attached hydrogen (secondary N) is 2. The van der Waals surface area contributed by atoms with Crippen LogP contribution >= 0.6 is 0 Å². The van der Waals surface area contributed by atoms with Crippen LogP contribution in [0, 0.1) is 23.2 Å². The van der Waals surface area contributed by atoms with Gasteiger partial charge in [0.25, 0.3) is 5.91 Å². The van der Waals surface area contributed by atoms with Crippen molar-refractivity contribution in [1.82, 2.24) is 10.8 Å². The Morgan fingerprint density at radius 2 is 1.78 bits per heavy atom. The fourth-order valence-corrected chi connectivity index (χ4v) is 6.04. The van der Waals surface area contributed by atoms with E-state index >= 15 is 0 Å². The van der Waals surface area contributed by atoms with Gasteiger partial charge in [0.1, 0.15) is 5.75 Å². The lowest BCUT2D eigenvalue weighted by Crippen LogP contribution is -2.53. The van der Waals surface area contributed by atoms with E-state index in [4.69, 9.17) is 9.94 Å². The second-order valence-corrected chi connectivity index (χ2v) is 8.67. The standard InChI is InChI=1S/C21H28N2O4/c1-27-18-9-17(19(24)23-26)3-2-16(18)4-5-22-20(25)21-10-13-6-14(11-21)8-15(7-13)12-21/h2-3,9,13-15,26H,4-8,10-12H2,1H3,(H,22,25)(H,23,24). The molecule has 4 aliphatic carbocycles. The van der Waals surface area contributed by atoms with Crippen molar-refractivity contribution in [2.24, 2.45) is 23.2 Å². The van der Waals surface area contributed by atoms with Gasteiger partial charge in [-0.3, -0.25) is 14.8 Å². The molecule has 3 N–H and O–H groups in total. The Bertz CT molecular complexity index is 710. The van der Waals surface area contributed by atoms with Crippen molar-refractivity contribution in [1.29, 1.82) is 0 Å². The Labute approximate surface area is 159 Å². The maximum atomic E-state index is 13.0. The minimum Gasteiger partial charge on any atom is -0.496 e. The quantitative estimate of drug-likeness (QED) is 0.529. The van der Waals surface area contributed by atoms with E-state index in [1.807, 2.05) is 0 Å². The number of ether oxygens (including phenoxy) is 1. The molecule has 6 nitrogen and oxygen atoms in total. The van der Waals surface area contributed by atoms with Crippen LogP contribution in [-0.4, -0.2) is 30.7 Å². The van der Waals surface area contributed by atoms with E-state index in [0.717, 1.165) is 42.6 Å². The van der Waals surface area contributed by atoms with Gasteiger partial charge in [0.05, 0.1) is 7.11 Å². The first-order chi connectivity index (χ1) is 13.0. The number of methoxy groups -OCH3 is 1. The van der Waals surface area contributed by atoms with Crippen LogP contribution in [-0.2, 0) is 11.2 Å². The fraction of sp³-hybridized carbons (Fsp3) is 0.619. The van der Waals surface area contributed by atoms with Crippen LogP contribution in [0.5, 0.6) is 5.75 Å². The average molecular weight is 372 g/mol. The van der Waals surface area contributed by atoms with Crippen molar-refractivity contribution in [3.8, 4) is 5.75 Å². The molecule has 0 saturated heterocycles. The zero-order valence-corrected chi connectivity index (χ0v) is 15.8. The number of carbonyl (C=O) groups excluding carboxylic acids is 2. The third-order valence-electron chi connectivity index (χ3n) is 6.85. The molecule has 27 heavy (non-hydrogen) atoms. The number of hydrogen-bond acceptors (Lipinski definition) is 4. The molecule has 0 atom stereocenters. The molecule has 0 spiro atoms. The smallest absolute Gasteiger partial charge is 0.274 e. The monoisotopic (exact) mass is 372 g/mol. The van der Waals surface area contributed by atoms with Crippen LogP contribution in [0.25, 0.3) is 0 Å². The molecule has 6 heteroatoms. The van der Waals surface area contributed by atoms with Gasteiger partial charge in [-0.15, -0.1) is 0 Å². The second kappa shape index (κ2) is 7.15. The molecular formula is C21H28N2O4. The van der Waals surface area contributed by atoms with Crippen LogP contribution < -0.4 is 15.5 Å². The fourth-order valence-electron chi connectivity index (χ4n) is 6.04. The van der Waals surface area contributed by atoms with Crippen LogP contribution in [0.4, 0.5) is 0 Å². The topological polar surface area (TPSA) is 87.7 Å². The summed E-state index contributed by atoms with van der Waals surface area (Å²) in [4.78, 5) is 24.5. The molecule has 0 unspecified atom stereocenters. The van der Waals surface area contributed by atoms with Crippen molar-refractivity contribution in [2.75, 3.05) is 13.7 Å². The molecule has 0 heterocycles. The predicted molar refractivity (Wildman–Crippen MR) is 99.6 cm³/mol. The van der Waals surface area contributed by atoms with E-state index in [9.17, 15) is 9.59 Å². The van der Waals surface area contributed by atoms with Gasteiger partial charge in [-0.2, -0.15) is 0 Å². The first kappa shape index (κ1) is 18.3. The van der Waals surface area contributed by atoms with Crippen LogP contribution in [0.15, 0.2) is 18.2 Å². The Balaban J connectivity index is 1.37. The third-order valence-corrected chi connectivity index (χ3v) is 6.85. The summed E-state index contributed by atoms with van der Waals surface area (Å²) in [6.07, 6.45) is 7.84. The molecule has 146 valence electrons. The molecule has 4 bridgehead atoms. The van der Waals surface area contributed by atoms with Crippen molar-refractivity contribution in [2.45, 2.75) is 44.9 Å². The minimum atomic E-state index is -0.574. The zero-order chi connectivity index (χ0) is 19.0. The van der Waals surface area contributed by atoms with Gasteiger partial charge < -0.3 is 10.1 Å². The Hall–Kier alpha value is -2.08. The Morgan fingerprint density at radius 3 is 2.33 bits per heavy atom. The lowest BCUT2D eigenvalue weighted by molar-refractivity contribution is -0.146. The first-order valence-electron chi connectivity index (χ1n) is 9.92. The molecule has 1 aromatic carbocycles. The van der Waals surface area contributed by atoms with Crippen LogP contribution in [0.1, 0.15) is 54.4 Å². The van der Waals surface area contributed by atoms with Gasteiger partial charge in [-0.05, 0) is 80.4 Å². The van der Waals surface area contributed by atoms with E-state index in [0.29, 0.717) is 24.3 Å². The van der Waals surface area contributed by atoms with Crippen LogP contribution in [0.2, 0.25) is 0 Å². The third kappa shape index (κ3) is 3.43. The number of hydrogen-bond donors (Lipinski definition) is 3. The minimum absolute atomic E-state index is 0.123. The highest BCUT2D eigenvalue weighted by Gasteiger charge is 2.54. The first-order valence-corrected chi connectivity index (χ1v) is 9.92. The summed E-state index contributed by atoms with van der Waals surface area (Å²) in [5.74, 6) is 2.51. The van der Waals surface area contributed by atoms with Crippen LogP contribution in [0.3, 0.4) is 0 Å². The Morgan fingerprint density at radius 1 is 1.15 bits per heavy atom. The highest BCUT2D eigenvalue weighted by Crippen LogP contribution is 2.60. The second-order valence-electron chi connectivity index (χ2n) is 8.67. The van der Waals surface area contributed by atoms with Crippen molar-refractivity contribution < 1.29 is 19.5 Å². The Kier molecular flexibility index (Phi) is 4.84. The van der Waals surface area contributed by atoms with Crippen molar-refractivity contribution >= 4 is 11.8 Å². The summed E-state index contributed by atoms with van der Waals surface area (Å²) in [5, 5.41) is 11.9. The molecule has 5 rings (SSSR count). The van der Waals surface area contributed by atoms with Gasteiger partial charge in [0.2, 0.25) is 5.91 Å². The summed E-state index contributed by atoms with van der Waals surface area (Å²) in [6.45, 7) is 0.558. The maximum absolute atomic E-state index is 13.0. The summed E-state index contributed by atoms with van der Waals surface area (Å²) in [6, 6.07) is 5.05. The largest absolute Gasteiger partial charge is 0.496 e.